The van der Waals surface area contributed by atoms with Crippen LogP contribution in [0.15, 0.2) is 40.6 Å². The van der Waals surface area contributed by atoms with Gasteiger partial charge in [-0.3, -0.25) is 0 Å². The van der Waals surface area contributed by atoms with E-state index in [4.69, 9.17) is 11.6 Å². The van der Waals surface area contributed by atoms with E-state index in [0.717, 1.165) is 10.3 Å². The van der Waals surface area contributed by atoms with Gasteiger partial charge in [0.25, 0.3) is 10.0 Å². The van der Waals surface area contributed by atoms with Crippen molar-refractivity contribution >= 4 is 43.9 Å². The molecule has 0 saturated heterocycles. The van der Waals surface area contributed by atoms with Crippen molar-refractivity contribution in [3.05, 3.63) is 52.0 Å². The van der Waals surface area contributed by atoms with Gasteiger partial charge in [0, 0.05) is 10.3 Å². The van der Waals surface area contributed by atoms with Gasteiger partial charge >= 0.3 is 0 Å². The van der Waals surface area contributed by atoms with Gasteiger partial charge in [-0.25, -0.2) is 3.97 Å². The van der Waals surface area contributed by atoms with Crippen LogP contribution in [0.1, 0.15) is 10.6 Å². The molecule has 0 N–H and O–H groups in total. The Hall–Kier alpha value is -1.30. The second-order valence-corrected chi connectivity index (χ2v) is 8.23. The number of rotatable bonds is 2. The molecule has 0 atom stereocenters. The predicted molar refractivity (Wildman–Crippen MR) is 83.3 cm³/mol. The molecule has 1 aromatic carbocycles. The summed E-state index contributed by atoms with van der Waals surface area (Å²) in [6.45, 7) is 3.61. The van der Waals surface area contributed by atoms with E-state index in [9.17, 15) is 8.42 Å². The maximum Gasteiger partial charge on any atom is 0.277 e. The summed E-state index contributed by atoms with van der Waals surface area (Å²) in [5, 5.41) is 1.24. The largest absolute Gasteiger partial charge is 0.277 e. The molecule has 0 bridgehead atoms. The van der Waals surface area contributed by atoms with Crippen LogP contribution in [-0.2, 0) is 10.0 Å². The fourth-order valence-electron chi connectivity index (χ4n) is 2.25. The highest BCUT2D eigenvalue weighted by atomic mass is 35.5. The van der Waals surface area contributed by atoms with Crippen LogP contribution in [0.4, 0.5) is 0 Å². The average molecular weight is 326 g/mol. The topological polar surface area (TPSA) is 39.1 Å². The molecule has 104 valence electrons. The lowest BCUT2D eigenvalue weighted by atomic mass is 10.2. The lowest BCUT2D eigenvalue weighted by molar-refractivity contribution is 0.590. The van der Waals surface area contributed by atoms with E-state index in [-0.39, 0.29) is 0 Å². The zero-order chi connectivity index (χ0) is 14.5. The number of thiophene rings is 1. The average Bonchev–Trinajstić information content (AvgIpc) is 2.95. The third kappa shape index (κ3) is 1.89. The third-order valence-electron chi connectivity index (χ3n) is 3.19. The van der Waals surface area contributed by atoms with E-state index in [1.54, 1.807) is 25.1 Å². The molecule has 0 radical (unpaired) electrons. The molecule has 6 heteroatoms. The van der Waals surface area contributed by atoms with Crippen LogP contribution >= 0.6 is 22.9 Å². The lowest BCUT2D eigenvalue weighted by Gasteiger charge is -2.07. The molecule has 0 fully saturated rings. The summed E-state index contributed by atoms with van der Waals surface area (Å²) < 4.78 is 27.3. The number of aromatic nitrogens is 1. The smallest absolute Gasteiger partial charge is 0.236 e. The monoisotopic (exact) mass is 325 g/mol. The Kier molecular flexibility index (Phi) is 3.16. The molecule has 2 aromatic heterocycles. The summed E-state index contributed by atoms with van der Waals surface area (Å²) in [5.41, 5.74) is 1.15. The number of fused-ring (bicyclic) bond motifs is 1. The molecule has 0 aliphatic heterocycles. The molecular weight excluding hydrogens is 314 g/mol. The van der Waals surface area contributed by atoms with Gasteiger partial charge in [-0.1, -0.05) is 29.8 Å². The second kappa shape index (κ2) is 4.62. The van der Waals surface area contributed by atoms with E-state index in [1.807, 2.05) is 25.1 Å². The van der Waals surface area contributed by atoms with Crippen LogP contribution in [0.25, 0.3) is 10.9 Å². The van der Waals surface area contributed by atoms with Gasteiger partial charge in [0.1, 0.15) is 4.21 Å². The van der Waals surface area contributed by atoms with Gasteiger partial charge in [-0.2, -0.15) is 8.42 Å². The highest BCUT2D eigenvalue weighted by Gasteiger charge is 2.25. The quantitative estimate of drug-likeness (QED) is 0.708. The van der Waals surface area contributed by atoms with Crippen molar-refractivity contribution in [2.75, 3.05) is 0 Å². The van der Waals surface area contributed by atoms with E-state index in [0.29, 0.717) is 20.4 Å². The molecule has 0 unspecified atom stereocenters. The Morgan fingerprint density at radius 1 is 1.10 bits per heavy atom. The van der Waals surface area contributed by atoms with Crippen LogP contribution in [0, 0.1) is 13.8 Å². The fourth-order valence-corrected chi connectivity index (χ4v) is 5.46. The molecule has 0 aliphatic rings. The molecule has 0 saturated carbocycles. The Bertz CT molecular complexity index is 907. The third-order valence-corrected chi connectivity index (χ3v) is 6.94. The lowest BCUT2D eigenvalue weighted by Crippen LogP contribution is -2.12. The fraction of sp³-hybridized carbons (Fsp3) is 0.143. The maximum atomic E-state index is 12.8. The summed E-state index contributed by atoms with van der Waals surface area (Å²) in [7, 11) is -3.60. The van der Waals surface area contributed by atoms with E-state index < -0.39 is 10.0 Å². The van der Waals surface area contributed by atoms with Gasteiger partial charge in [0.05, 0.1) is 16.2 Å². The van der Waals surface area contributed by atoms with E-state index in [2.05, 4.69) is 0 Å². The number of benzene rings is 1. The molecule has 20 heavy (non-hydrogen) atoms. The molecule has 3 aromatic rings. The summed E-state index contributed by atoms with van der Waals surface area (Å²) in [6.07, 6.45) is 0. The normalized spacial score (nSPS) is 12.2. The Balaban J connectivity index is 2.38. The number of nitrogens with zero attached hydrogens (tertiary/aromatic N) is 1. The van der Waals surface area contributed by atoms with Gasteiger partial charge in [-0.05, 0) is 32.0 Å². The van der Waals surface area contributed by atoms with E-state index in [1.165, 1.54) is 15.3 Å². The van der Waals surface area contributed by atoms with Crippen molar-refractivity contribution in [2.45, 2.75) is 18.1 Å². The predicted octanol–water partition coefficient (Wildman–Crippen LogP) is 4.21. The zero-order valence-corrected chi connectivity index (χ0v) is 13.3. The first-order chi connectivity index (χ1) is 9.43. The van der Waals surface area contributed by atoms with Crippen molar-refractivity contribution in [3.8, 4) is 0 Å². The number of aryl methyl sites for hydroxylation is 1. The van der Waals surface area contributed by atoms with Crippen molar-refractivity contribution in [1.82, 2.24) is 3.97 Å². The molecule has 3 rings (SSSR count). The molecule has 3 nitrogen and oxygen atoms in total. The molecule has 0 amide bonds. The van der Waals surface area contributed by atoms with Crippen molar-refractivity contribution in [1.29, 1.82) is 0 Å². The molecule has 0 spiro atoms. The van der Waals surface area contributed by atoms with Crippen molar-refractivity contribution in [2.24, 2.45) is 0 Å². The van der Waals surface area contributed by atoms with Gasteiger partial charge in [0.15, 0.2) is 0 Å². The first-order valence-corrected chi connectivity index (χ1v) is 8.64. The summed E-state index contributed by atoms with van der Waals surface area (Å²) in [6, 6.07) is 10.7. The van der Waals surface area contributed by atoms with Crippen LogP contribution in [0.3, 0.4) is 0 Å². The zero-order valence-electron chi connectivity index (χ0n) is 10.9. The first-order valence-electron chi connectivity index (χ1n) is 6.00. The molecule has 0 aliphatic carbocycles. The van der Waals surface area contributed by atoms with Crippen LogP contribution in [-0.4, -0.2) is 12.4 Å². The van der Waals surface area contributed by atoms with Gasteiger partial charge < -0.3 is 0 Å². The minimum atomic E-state index is -3.60. The van der Waals surface area contributed by atoms with Crippen LogP contribution in [0.5, 0.6) is 0 Å². The van der Waals surface area contributed by atoms with Crippen molar-refractivity contribution in [3.63, 3.8) is 0 Å². The standard InChI is InChI=1S/C14H12ClNO2S2/c1-9-7-8-13(19-9)20(17,18)16-10(2)14(15)11-5-3-4-6-12(11)16/h3-8H,1-2H3. The second-order valence-electron chi connectivity index (χ2n) is 4.55. The Morgan fingerprint density at radius 3 is 2.45 bits per heavy atom. The minimum absolute atomic E-state index is 0.329. The van der Waals surface area contributed by atoms with Crippen molar-refractivity contribution < 1.29 is 8.42 Å². The van der Waals surface area contributed by atoms with Gasteiger partial charge in [-0.15, -0.1) is 11.3 Å². The maximum absolute atomic E-state index is 12.8. The first kappa shape index (κ1) is 13.7. The number of para-hydroxylation sites is 1. The number of halogens is 1. The van der Waals surface area contributed by atoms with Crippen LogP contribution in [0.2, 0.25) is 5.02 Å². The van der Waals surface area contributed by atoms with Gasteiger partial charge in [0.2, 0.25) is 0 Å². The summed E-state index contributed by atoms with van der Waals surface area (Å²) >= 11 is 7.53. The number of hydrogen-bond acceptors (Lipinski definition) is 3. The molecular formula is C14H12ClNO2S2. The Labute approximate surface area is 126 Å². The highest BCUT2D eigenvalue weighted by Crippen LogP contribution is 2.34. The summed E-state index contributed by atoms with van der Waals surface area (Å²) in [4.78, 5) is 0.962. The SMILES string of the molecule is Cc1ccc(S(=O)(=O)n2c(C)c(Cl)c3ccccc32)s1. The Morgan fingerprint density at radius 2 is 1.80 bits per heavy atom. The number of hydrogen-bond donors (Lipinski definition) is 0. The van der Waals surface area contributed by atoms with E-state index >= 15 is 0 Å². The minimum Gasteiger partial charge on any atom is -0.236 e. The summed E-state index contributed by atoms with van der Waals surface area (Å²) in [5.74, 6) is 0. The molecule has 2 heterocycles. The van der Waals surface area contributed by atoms with Crippen LogP contribution < -0.4 is 0 Å². The highest BCUT2D eigenvalue weighted by molar-refractivity contribution is 7.92.